The highest BCUT2D eigenvalue weighted by Gasteiger charge is 2.20. The second kappa shape index (κ2) is 9.93. The van der Waals surface area contributed by atoms with E-state index in [1.54, 1.807) is 23.5 Å². The van der Waals surface area contributed by atoms with E-state index in [-0.39, 0.29) is 11.7 Å². The fraction of sp³-hybridized carbons (Fsp3) is 0.222. The van der Waals surface area contributed by atoms with Crippen LogP contribution in [-0.4, -0.2) is 60.0 Å². The summed E-state index contributed by atoms with van der Waals surface area (Å²) in [5, 5.41) is 6.93. The number of carbonyl (C=O) groups excluding carboxylic acids is 1. The number of piperazine rings is 1. The zero-order chi connectivity index (χ0) is 24.5. The fourth-order valence-electron chi connectivity index (χ4n) is 4.52. The highest BCUT2D eigenvalue weighted by Crippen LogP contribution is 2.30. The van der Waals surface area contributed by atoms with Crippen molar-refractivity contribution in [2.45, 2.75) is 0 Å². The van der Waals surface area contributed by atoms with Gasteiger partial charge in [-0.15, -0.1) is 11.3 Å². The van der Waals surface area contributed by atoms with E-state index < -0.39 is 0 Å². The van der Waals surface area contributed by atoms with Crippen LogP contribution in [0.15, 0.2) is 66.0 Å². The summed E-state index contributed by atoms with van der Waals surface area (Å²) in [7, 11) is 0. The normalized spacial score (nSPS) is 14.5. The number of benzene rings is 2. The standard InChI is InChI=1S/C27H24FN5OS2/c28-18-7-8-22-25(16-18)36-27(31-22)33-13-11-32(12-14-33)10-9-29-26(34)20-17-23(24-6-3-15-35-24)30-21-5-2-1-4-19(20)21/h1-8,15-17H,9-14H2,(H,29,34). The molecule has 0 bridgehead atoms. The highest BCUT2D eigenvalue weighted by molar-refractivity contribution is 7.22. The van der Waals surface area contributed by atoms with Crippen LogP contribution in [0.5, 0.6) is 0 Å². The minimum absolute atomic E-state index is 0.0771. The Labute approximate surface area is 216 Å². The summed E-state index contributed by atoms with van der Waals surface area (Å²) in [6.45, 7) is 4.85. The molecule has 0 radical (unpaired) electrons. The Morgan fingerprint density at radius 1 is 0.972 bits per heavy atom. The lowest BCUT2D eigenvalue weighted by molar-refractivity contribution is 0.0949. The number of pyridine rings is 1. The number of fused-ring (bicyclic) bond motifs is 2. The molecule has 36 heavy (non-hydrogen) atoms. The second-order valence-corrected chi connectivity index (χ2v) is 10.7. The Hall–Kier alpha value is -3.40. The summed E-state index contributed by atoms with van der Waals surface area (Å²) in [5.74, 6) is -0.307. The summed E-state index contributed by atoms with van der Waals surface area (Å²) in [5.41, 5.74) is 3.14. The topological polar surface area (TPSA) is 61.4 Å². The lowest BCUT2D eigenvalue weighted by atomic mass is 10.1. The van der Waals surface area contributed by atoms with E-state index >= 15 is 0 Å². The molecule has 0 spiro atoms. The van der Waals surface area contributed by atoms with Gasteiger partial charge < -0.3 is 10.2 Å². The predicted octanol–water partition coefficient (Wildman–Crippen LogP) is 5.26. The third-order valence-electron chi connectivity index (χ3n) is 6.43. The number of carbonyl (C=O) groups is 1. The Kier molecular flexibility index (Phi) is 6.35. The number of nitrogens with one attached hydrogen (secondary N) is 1. The van der Waals surface area contributed by atoms with Crippen molar-refractivity contribution in [3.8, 4) is 10.6 Å². The van der Waals surface area contributed by atoms with Gasteiger partial charge in [0.2, 0.25) is 0 Å². The molecular formula is C27H24FN5OS2. The van der Waals surface area contributed by atoms with Crippen molar-refractivity contribution in [2.75, 3.05) is 44.2 Å². The molecule has 3 aromatic heterocycles. The number of amides is 1. The maximum atomic E-state index is 13.5. The number of hydrogen-bond acceptors (Lipinski definition) is 7. The van der Waals surface area contributed by atoms with Gasteiger partial charge >= 0.3 is 0 Å². The Morgan fingerprint density at radius 3 is 2.67 bits per heavy atom. The molecule has 0 unspecified atom stereocenters. The van der Waals surface area contributed by atoms with Gasteiger partial charge in [0.05, 0.1) is 31.9 Å². The van der Waals surface area contributed by atoms with Gasteiger partial charge in [0.15, 0.2) is 5.13 Å². The van der Waals surface area contributed by atoms with Gasteiger partial charge in [-0.05, 0) is 41.8 Å². The van der Waals surface area contributed by atoms with Crippen LogP contribution >= 0.6 is 22.7 Å². The predicted molar refractivity (Wildman–Crippen MR) is 146 cm³/mol. The monoisotopic (exact) mass is 517 g/mol. The first-order chi connectivity index (χ1) is 17.6. The number of halogens is 1. The van der Waals surface area contributed by atoms with Crippen LogP contribution in [0.1, 0.15) is 10.4 Å². The summed E-state index contributed by atoms with van der Waals surface area (Å²) >= 11 is 3.15. The van der Waals surface area contributed by atoms with Gasteiger partial charge in [0.25, 0.3) is 5.91 Å². The first-order valence-electron chi connectivity index (χ1n) is 11.9. The minimum Gasteiger partial charge on any atom is -0.351 e. The number of anilines is 1. The number of thiazole rings is 1. The van der Waals surface area contributed by atoms with Crippen LogP contribution in [0.25, 0.3) is 31.7 Å². The summed E-state index contributed by atoms with van der Waals surface area (Å²) in [6, 6.07) is 18.4. The molecule has 1 amide bonds. The van der Waals surface area contributed by atoms with E-state index in [1.807, 2.05) is 47.8 Å². The average molecular weight is 518 g/mol. The quantitative estimate of drug-likeness (QED) is 0.333. The molecule has 0 saturated carbocycles. The first-order valence-corrected chi connectivity index (χ1v) is 13.6. The molecule has 1 saturated heterocycles. The van der Waals surface area contributed by atoms with Crippen molar-refractivity contribution in [3.05, 3.63) is 77.4 Å². The lowest BCUT2D eigenvalue weighted by Crippen LogP contribution is -2.48. The van der Waals surface area contributed by atoms with E-state index in [1.165, 1.54) is 17.4 Å². The van der Waals surface area contributed by atoms with Crippen molar-refractivity contribution in [3.63, 3.8) is 0 Å². The number of thiophene rings is 1. The SMILES string of the molecule is O=C(NCCN1CCN(c2nc3ccc(F)cc3s2)CC1)c1cc(-c2cccs2)nc2ccccc12. The van der Waals surface area contributed by atoms with Gasteiger partial charge in [-0.2, -0.15) is 0 Å². The van der Waals surface area contributed by atoms with Crippen LogP contribution in [0.3, 0.4) is 0 Å². The Morgan fingerprint density at radius 2 is 1.83 bits per heavy atom. The largest absolute Gasteiger partial charge is 0.351 e. The molecule has 6 rings (SSSR count). The maximum absolute atomic E-state index is 13.5. The number of hydrogen-bond donors (Lipinski definition) is 1. The molecule has 2 aromatic carbocycles. The lowest BCUT2D eigenvalue weighted by Gasteiger charge is -2.34. The van der Waals surface area contributed by atoms with E-state index in [9.17, 15) is 9.18 Å². The molecule has 1 aliphatic heterocycles. The smallest absolute Gasteiger partial charge is 0.252 e. The number of aromatic nitrogens is 2. The number of para-hydroxylation sites is 1. The molecule has 0 aliphatic carbocycles. The van der Waals surface area contributed by atoms with Crippen LogP contribution in [-0.2, 0) is 0 Å². The van der Waals surface area contributed by atoms with Gasteiger partial charge in [-0.1, -0.05) is 35.6 Å². The van der Waals surface area contributed by atoms with Crippen LogP contribution in [0.4, 0.5) is 9.52 Å². The van der Waals surface area contributed by atoms with Crippen molar-refractivity contribution in [1.29, 1.82) is 0 Å². The second-order valence-electron chi connectivity index (χ2n) is 8.74. The molecule has 1 aliphatic rings. The Balaban J connectivity index is 1.07. The van der Waals surface area contributed by atoms with Crippen LogP contribution in [0, 0.1) is 5.82 Å². The summed E-state index contributed by atoms with van der Waals surface area (Å²) in [6.07, 6.45) is 0. The third-order valence-corrected chi connectivity index (χ3v) is 8.40. The molecule has 4 heterocycles. The summed E-state index contributed by atoms with van der Waals surface area (Å²) < 4.78 is 14.4. The van der Waals surface area contributed by atoms with Gasteiger partial charge in [-0.3, -0.25) is 9.69 Å². The first kappa shape index (κ1) is 23.0. The Bertz CT molecular complexity index is 1530. The van der Waals surface area contributed by atoms with E-state index in [0.29, 0.717) is 12.1 Å². The van der Waals surface area contributed by atoms with Crippen molar-refractivity contribution in [1.82, 2.24) is 20.2 Å². The molecule has 0 atom stereocenters. The molecule has 9 heteroatoms. The minimum atomic E-state index is -0.230. The van der Waals surface area contributed by atoms with Gasteiger partial charge in [-0.25, -0.2) is 14.4 Å². The molecule has 1 fully saturated rings. The van der Waals surface area contributed by atoms with E-state index in [0.717, 1.165) is 69.5 Å². The zero-order valence-electron chi connectivity index (χ0n) is 19.5. The molecule has 6 nitrogen and oxygen atoms in total. The molecule has 1 N–H and O–H groups in total. The van der Waals surface area contributed by atoms with Crippen molar-refractivity contribution in [2.24, 2.45) is 0 Å². The number of nitrogens with zero attached hydrogens (tertiary/aromatic N) is 4. The highest BCUT2D eigenvalue weighted by atomic mass is 32.1. The zero-order valence-corrected chi connectivity index (χ0v) is 21.1. The van der Waals surface area contributed by atoms with Crippen LogP contribution < -0.4 is 10.2 Å². The molecule has 182 valence electrons. The van der Waals surface area contributed by atoms with Gasteiger partial charge in [0, 0.05) is 44.7 Å². The summed E-state index contributed by atoms with van der Waals surface area (Å²) in [4.78, 5) is 28.3. The number of rotatable bonds is 6. The van der Waals surface area contributed by atoms with E-state index in [2.05, 4.69) is 20.1 Å². The molecular weight excluding hydrogens is 493 g/mol. The third kappa shape index (κ3) is 4.69. The van der Waals surface area contributed by atoms with Crippen molar-refractivity contribution >= 4 is 54.8 Å². The van der Waals surface area contributed by atoms with Gasteiger partial charge in [0.1, 0.15) is 5.82 Å². The van der Waals surface area contributed by atoms with E-state index in [4.69, 9.17) is 4.98 Å². The van der Waals surface area contributed by atoms with Crippen LogP contribution in [0.2, 0.25) is 0 Å². The fourth-order valence-corrected chi connectivity index (χ4v) is 6.25. The molecule has 5 aromatic rings. The van der Waals surface area contributed by atoms with Crippen molar-refractivity contribution < 1.29 is 9.18 Å². The average Bonchev–Trinajstić information content (AvgIpc) is 3.59. The maximum Gasteiger partial charge on any atom is 0.252 e.